The third-order valence-corrected chi connectivity index (χ3v) is 3.28. The van der Waals surface area contributed by atoms with Crippen LogP contribution in [-0.2, 0) is 12.8 Å². The van der Waals surface area contributed by atoms with Crippen molar-refractivity contribution in [2.24, 2.45) is 5.73 Å². The molecule has 1 unspecified atom stereocenters. The van der Waals surface area contributed by atoms with Gasteiger partial charge in [-0.15, -0.1) is 0 Å². The summed E-state index contributed by atoms with van der Waals surface area (Å²) in [6.45, 7) is 2.09. The number of rotatable bonds is 6. The van der Waals surface area contributed by atoms with Gasteiger partial charge in [0.05, 0.1) is 7.11 Å². The molecular weight excluding hydrogens is 250 g/mol. The summed E-state index contributed by atoms with van der Waals surface area (Å²) >= 11 is 0. The normalized spacial score (nSPS) is 12.2. The molecule has 2 N–H and O–H groups in total. The Morgan fingerprint density at radius 3 is 2.60 bits per heavy atom. The van der Waals surface area contributed by atoms with Crippen LogP contribution < -0.4 is 10.5 Å². The minimum atomic E-state index is 0.183. The Bertz CT molecular complexity index is 540. The van der Waals surface area contributed by atoms with Crippen LogP contribution in [0.3, 0.4) is 0 Å². The zero-order valence-corrected chi connectivity index (χ0v) is 12.0. The van der Waals surface area contributed by atoms with Gasteiger partial charge in [-0.1, -0.05) is 19.1 Å². The summed E-state index contributed by atoms with van der Waals surface area (Å²) in [7, 11) is 1.67. The molecule has 0 bridgehead atoms. The second kappa shape index (κ2) is 7.01. The Kier molecular flexibility index (Phi) is 5.07. The summed E-state index contributed by atoms with van der Waals surface area (Å²) < 4.78 is 5.21. The minimum absolute atomic E-state index is 0.183. The summed E-state index contributed by atoms with van der Waals surface area (Å²) in [5.74, 6) is 1.67. The molecule has 0 spiro atoms. The van der Waals surface area contributed by atoms with Gasteiger partial charge < -0.3 is 10.5 Å². The van der Waals surface area contributed by atoms with E-state index in [9.17, 15) is 0 Å². The van der Waals surface area contributed by atoms with Gasteiger partial charge in [0.1, 0.15) is 11.6 Å². The van der Waals surface area contributed by atoms with Crippen LogP contribution in [0, 0.1) is 0 Å². The van der Waals surface area contributed by atoms with Gasteiger partial charge in [0.2, 0.25) is 0 Å². The molecule has 1 heterocycles. The lowest BCUT2D eigenvalue weighted by Crippen LogP contribution is -2.21. The second-order valence-corrected chi connectivity index (χ2v) is 4.91. The highest BCUT2D eigenvalue weighted by Crippen LogP contribution is 2.14. The first kappa shape index (κ1) is 14.5. The molecule has 20 heavy (non-hydrogen) atoms. The molecule has 106 valence electrons. The van der Waals surface area contributed by atoms with E-state index in [0.717, 1.165) is 35.5 Å². The van der Waals surface area contributed by atoms with Gasteiger partial charge in [-0.2, -0.15) is 0 Å². The van der Waals surface area contributed by atoms with Crippen LogP contribution in [0.2, 0.25) is 0 Å². The maximum Gasteiger partial charge on any atom is 0.132 e. The van der Waals surface area contributed by atoms with Crippen LogP contribution in [0.5, 0.6) is 5.75 Å². The summed E-state index contributed by atoms with van der Waals surface area (Å²) in [5.41, 5.74) is 8.16. The van der Waals surface area contributed by atoms with Crippen LogP contribution in [0.25, 0.3) is 0 Å². The molecule has 0 radical (unpaired) electrons. The van der Waals surface area contributed by atoms with Crippen LogP contribution >= 0.6 is 0 Å². The van der Waals surface area contributed by atoms with Crippen molar-refractivity contribution in [3.8, 4) is 5.75 Å². The summed E-state index contributed by atoms with van der Waals surface area (Å²) in [6.07, 6.45) is 6.24. The van der Waals surface area contributed by atoms with Gasteiger partial charge in [-0.25, -0.2) is 9.97 Å². The SMILES string of the molecule is CCC(N)Cc1cnc(Cc2cccc(OC)c2)nc1. The predicted molar refractivity (Wildman–Crippen MR) is 79.8 cm³/mol. The monoisotopic (exact) mass is 271 g/mol. The topological polar surface area (TPSA) is 61.0 Å². The molecule has 4 nitrogen and oxygen atoms in total. The molecular formula is C16H21N3O. The standard InChI is InChI=1S/C16H21N3O/c1-3-14(17)7-13-10-18-16(19-11-13)9-12-5-4-6-15(8-12)20-2/h4-6,8,10-11,14H,3,7,9,17H2,1-2H3. The third-order valence-electron chi connectivity index (χ3n) is 3.28. The summed E-state index contributed by atoms with van der Waals surface area (Å²) in [5, 5.41) is 0. The van der Waals surface area contributed by atoms with E-state index in [4.69, 9.17) is 10.5 Å². The van der Waals surface area contributed by atoms with Gasteiger partial charge >= 0.3 is 0 Å². The number of hydrogen-bond acceptors (Lipinski definition) is 4. The molecule has 1 aromatic heterocycles. The number of nitrogens with zero attached hydrogens (tertiary/aromatic N) is 2. The zero-order chi connectivity index (χ0) is 14.4. The molecule has 0 aliphatic carbocycles. The number of methoxy groups -OCH3 is 1. The number of hydrogen-bond donors (Lipinski definition) is 1. The molecule has 0 saturated carbocycles. The molecule has 0 saturated heterocycles. The third kappa shape index (κ3) is 4.03. The quantitative estimate of drug-likeness (QED) is 0.876. The van der Waals surface area contributed by atoms with Crippen molar-refractivity contribution in [3.05, 3.63) is 53.6 Å². The Morgan fingerprint density at radius 2 is 1.95 bits per heavy atom. The van der Waals surface area contributed by atoms with E-state index < -0.39 is 0 Å². The Balaban J connectivity index is 2.02. The van der Waals surface area contributed by atoms with Crippen molar-refractivity contribution in [2.45, 2.75) is 32.2 Å². The molecule has 2 aromatic rings. The first-order chi connectivity index (χ1) is 9.71. The van der Waals surface area contributed by atoms with Gasteiger partial charge in [0.15, 0.2) is 0 Å². The van der Waals surface area contributed by atoms with Crippen molar-refractivity contribution < 1.29 is 4.74 Å². The highest BCUT2D eigenvalue weighted by Gasteiger charge is 2.04. The van der Waals surface area contributed by atoms with Gasteiger partial charge in [0, 0.05) is 24.9 Å². The number of aromatic nitrogens is 2. The fraction of sp³-hybridized carbons (Fsp3) is 0.375. The maximum absolute atomic E-state index is 5.93. The van der Waals surface area contributed by atoms with Crippen LogP contribution in [0.15, 0.2) is 36.7 Å². The molecule has 0 amide bonds. The molecule has 1 aromatic carbocycles. The fourth-order valence-electron chi connectivity index (χ4n) is 1.99. The molecule has 0 aliphatic heterocycles. The summed E-state index contributed by atoms with van der Waals surface area (Å²) in [6, 6.07) is 8.14. The van der Waals surface area contributed by atoms with E-state index >= 15 is 0 Å². The lowest BCUT2D eigenvalue weighted by atomic mass is 10.1. The van der Waals surface area contributed by atoms with Crippen LogP contribution in [0.1, 0.15) is 30.3 Å². The smallest absolute Gasteiger partial charge is 0.132 e. The van der Waals surface area contributed by atoms with E-state index in [0.29, 0.717) is 6.42 Å². The molecule has 0 aliphatic rings. The average molecular weight is 271 g/mol. The number of benzene rings is 1. The fourth-order valence-corrected chi connectivity index (χ4v) is 1.99. The number of nitrogens with two attached hydrogens (primary N) is 1. The van der Waals surface area contributed by atoms with E-state index in [1.165, 1.54) is 0 Å². The van der Waals surface area contributed by atoms with E-state index in [2.05, 4.69) is 16.9 Å². The first-order valence-corrected chi connectivity index (χ1v) is 6.89. The average Bonchev–Trinajstić information content (AvgIpc) is 2.49. The largest absolute Gasteiger partial charge is 0.497 e. The van der Waals surface area contributed by atoms with Crippen molar-refractivity contribution >= 4 is 0 Å². The predicted octanol–water partition coefficient (Wildman–Crippen LogP) is 2.36. The second-order valence-electron chi connectivity index (χ2n) is 4.91. The Labute approximate surface area is 120 Å². The van der Waals surface area contributed by atoms with Crippen molar-refractivity contribution in [1.82, 2.24) is 9.97 Å². The molecule has 2 rings (SSSR count). The molecule has 1 atom stereocenters. The van der Waals surface area contributed by atoms with Gasteiger partial charge in [0.25, 0.3) is 0 Å². The van der Waals surface area contributed by atoms with Crippen molar-refractivity contribution in [2.75, 3.05) is 7.11 Å². The van der Waals surface area contributed by atoms with E-state index in [1.807, 2.05) is 36.7 Å². The zero-order valence-electron chi connectivity index (χ0n) is 12.0. The van der Waals surface area contributed by atoms with E-state index in [1.54, 1.807) is 7.11 Å². The van der Waals surface area contributed by atoms with Gasteiger partial charge in [-0.05, 0) is 36.1 Å². The lowest BCUT2D eigenvalue weighted by molar-refractivity contribution is 0.414. The Morgan fingerprint density at radius 1 is 1.20 bits per heavy atom. The maximum atomic E-state index is 5.93. The minimum Gasteiger partial charge on any atom is -0.497 e. The van der Waals surface area contributed by atoms with Gasteiger partial charge in [-0.3, -0.25) is 0 Å². The lowest BCUT2D eigenvalue weighted by Gasteiger charge is -2.08. The van der Waals surface area contributed by atoms with Crippen LogP contribution in [0.4, 0.5) is 0 Å². The number of ether oxygens (including phenoxy) is 1. The highest BCUT2D eigenvalue weighted by molar-refractivity contribution is 5.30. The highest BCUT2D eigenvalue weighted by atomic mass is 16.5. The molecule has 4 heteroatoms. The molecule has 0 fully saturated rings. The van der Waals surface area contributed by atoms with E-state index in [-0.39, 0.29) is 6.04 Å². The van der Waals surface area contributed by atoms with Crippen molar-refractivity contribution in [1.29, 1.82) is 0 Å². The Hall–Kier alpha value is -1.94. The summed E-state index contributed by atoms with van der Waals surface area (Å²) in [4.78, 5) is 8.82. The first-order valence-electron chi connectivity index (χ1n) is 6.89. The van der Waals surface area contributed by atoms with Crippen molar-refractivity contribution in [3.63, 3.8) is 0 Å². The van der Waals surface area contributed by atoms with Crippen LogP contribution in [-0.4, -0.2) is 23.1 Å².